The molecule has 2 aliphatic rings. The minimum atomic E-state index is 0.444. The zero-order valence-corrected chi connectivity index (χ0v) is 10.1. The molecule has 3 atom stereocenters. The Morgan fingerprint density at radius 1 is 1.00 bits per heavy atom. The Morgan fingerprint density at radius 3 is 2.33 bits per heavy atom. The van der Waals surface area contributed by atoms with E-state index in [9.17, 15) is 0 Å². The summed E-state index contributed by atoms with van der Waals surface area (Å²) in [5, 5.41) is 0. The fraction of sp³-hybridized carbons (Fsp3) is 1.00. The number of hydrogen-bond acceptors (Lipinski definition) is 2. The van der Waals surface area contributed by atoms with Crippen LogP contribution in [0.3, 0.4) is 0 Å². The number of rotatable bonds is 1. The molecule has 0 aromatic heterocycles. The van der Waals surface area contributed by atoms with Crippen LogP contribution < -0.4 is 5.73 Å². The van der Waals surface area contributed by atoms with E-state index in [0.29, 0.717) is 12.1 Å². The molecule has 88 valence electrons. The third-order valence-corrected chi connectivity index (χ3v) is 4.24. The highest BCUT2D eigenvalue weighted by atomic mass is 15.2. The van der Waals surface area contributed by atoms with Gasteiger partial charge >= 0.3 is 0 Å². The predicted molar refractivity (Wildman–Crippen MR) is 64.8 cm³/mol. The predicted octanol–water partition coefficient (Wildman–Crippen LogP) is 2.38. The van der Waals surface area contributed by atoms with Crippen LogP contribution in [0.25, 0.3) is 0 Å². The van der Waals surface area contributed by atoms with Crippen molar-refractivity contribution in [3.8, 4) is 0 Å². The smallest absolute Gasteiger partial charge is 0.0249 e. The average molecular weight is 210 g/mol. The summed E-state index contributed by atoms with van der Waals surface area (Å²) in [5.41, 5.74) is 6.28. The van der Waals surface area contributed by atoms with Crippen LogP contribution in [0.2, 0.25) is 0 Å². The molecule has 1 saturated carbocycles. The molecule has 0 radical (unpaired) electrons. The Kier molecular flexibility index (Phi) is 4.04. The van der Waals surface area contributed by atoms with Gasteiger partial charge in [-0.05, 0) is 51.1 Å². The first-order valence-corrected chi connectivity index (χ1v) is 6.77. The maximum absolute atomic E-state index is 6.28. The second kappa shape index (κ2) is 5.31. The Bertz CT molecular complexity index is 185. The van der Waals surface area contributed by atoms with Gasteiger partial charge in [0.2, 0.25) is 0 Å². The van der Waals surface area contributed by atoms with Gasteiger partial charge in [0.15, 0.2) is 0 Å². The van der Waals surface area contributed by atoms with Gasteiger partial charge in [-0.2, -0.15) is 0 Å². The molecule has 2 nitrogen and oxygen atoms in total. The third kappa shape index (κ3) is 2.94. The lowest BCUT2D eigenvalue weighted by Gasteiger charge is -2.40. The van der Waals surface area contributed by atoms with Gasteiger partial charge in [0.05, 0.1) is 0 Å². The summed E-state index contributed by atoms with van der Waals surface area (Å²) in [7, 11) is 0. The van der Waals surface area contributed by atoms with Gasteiger partial charge in [0.1, 0.15) is 0 Å². The van der Waals surface area contributed by atoms with Crippen LogP contribution in [0.4, 0.5) is 0 Å². The molecular formula is C13H26N2. The van der Waals surface area contributed by atoms with Crippen molar-refractivity contribution in [1.82, 2.24) is 4.90 Å². The second-order valence-electron chi connectivity index (χ2n) is 5.60. The van der Waals surface area contributed by atoms with E-state index in [-0.39, 0.29) is 0 Å². The minimum Gasteiger partial charge on any atom is -0.326 e. The summed E-state index contributed by atoms with van der Waals surface area (Å²) in [6, 6.07) is 1.13. The molecule has 3 unspecified atom stereocenters. The van der Waals surface area contributed by atoms with E-state index in [0.717, 1.165) is 5.92 Å². The molecule has 1 heterocycles. The third-order valence-electron chi connectivity index (χ3n) is 4.24. The molecule has 0 bridgehead atoms. The Labute approximate surface area is 94.2 Å². The van der Waals surface area contributed by atoms with Gasteiger partial charge in [0.25, 0.3) is 0 Å². The number of nitrogens with zero attached hydrogens (tertiary/aromatic N) is 1. The molecule has 1 aliphatic carbocycles. The zero-order chi connectivity index (χ0) is 10.7. The summed E-state index contributed by atoms with van der Waals surface area (Å²) >= 11 is 0. The summed E-state index contributed by atoms with van der Waals surface area (Å²) in [5.74, 6) is 0.887. The molecule has 1 aliphatic heterocycles. The standard InChI is InChI=1S/C13H26N2/c1-11-6-7-12(14)13(10-11)15-8-4-2-3-5-9-15/h11-13H,2-10,14H2,1H3. The molecular weight excluding hydrogens is 184 g/mol. The van der Waals surface area contributed by atoms with Crippen LogP contribution in [0.15, 0.2) is 0 Å². The molecule has 0 aromatic carbocycles. The lowest BCUT2D eigenvalue weighted by Crippen LogP contribution is -2.51. The normalized spacial score (nSPS) is 40.0. The molecule has 1 saturated heterocycles. The molecule has 2 heteroatoms. The van der Waals surface area contributed by atoms with Crippen LogP contribution in [0.5, 0.6) is 0 Å². The van der Waals surface area contributed by atoms with Crippen LogP contribution >= 0.6 is 0 Å². The largest absolute Gasteiger partial charge is 0.326 e. The van der Waals surface area contributed by atoms with Gasteiger partial charge < -0.3 is 5.73 Å². The van der Waals surface area contributed by atoms with Crippen LogP contribution in [-0.4, -0.2) is 30.1 Å². The molecule has 2 N–H and O–H groups in total. The molecule has 0 amide bonds. The average Bonchev–Trinajstić information content (AvgIpc) is 2.50. The van der Waals surface area contributed by atoms with Crippen molar-refractivity contribution in [2.45, 2.75) is 64.0 Å². The monoisotopic (exact) mass is 210 g/mol. The molecule has 0 aromatic rings. The number of likely N-dealkylation sites (tertiary alicyclic amines) is 1. The topological polar surface area (TPSA) is 29.3 Å². The van der Waals surface area contributed by atoms with E-state index in [1.165, 1.54) is 58.0 Å². The molecule has 15 heavy (non-hydrogen) atoms. The van der Waals surface area contributed by atoms with Crippen molar-refractivity contribution in [2.24, 2.45) is 11.7 Å². The zero-order valence-electron chi connectivity index (χ0n) is 10.1. The van der Waals surface area contributed by atoms with Crippen LogP contribution in [0.1, 0.15) is 51.9 Å². The second-order valence-corrected chi connectivity index (χ2v) is 5.60. The maximum Gasteiger partial charge on any atom is 0.0249 e. The Hall–Kier alpha value is -0.0800. The van der Waals surface area contributed by atoms with E-state index < -0.39 is 0 Å². The van der Waals surface area contributed by atoms with Crippen molar-refractivity contribution in [3.63, 3.8) is 0 Å². The van der Waals surface area contributed by atoms with E-state index in [4.69, 9.17) is 5.73 Å². The van der Waals surface area contributed by atoms with Crippen molar-refractivity contribution < 1.29 is 0 Å². The van der Waals surface area contributed by atoms with Gasteiger partial charge in [0, 0.05) is 12.1 Å². The van der Waals surface area contributed by atoms with Crippen molar-refractivity contribution in [1.29, 1.82) is 0 Å². The summed E-state index contributed by atoms with van der Waals surface area (Å²) in [4.78, 5) is 2.69. The highest BCUT2D eigenvalue weighted by Gasteiger charge is 2.30. The van der Waals surface area contributed by atoms with E-state index in [1.807, 2.05) is 0 Å². The van der Waals surface area contributed by atoms with Crippen molar-refractivity contribution in [2.75, 3.05) is 13.1 Å². The number of hydrogen-bond donors (Lipinski definition) is 1. The highest BCUT2D eigenvalue weighted by Crippen LogP contribution is 2.28. The molecule has 2 fully saturated rings. The van der Waals surface area contributed by atoms with Gasteiger partial charge in [-0.3, -0.25) is 4.90 Å². The van der Waals surface area contributed by atoms with Crippen LogP contribution in [0, 0.1) is 5.92 Å². The first kappa shape index (κ1) is 11.4. The van der Waals surface area contributed by atoms with E-state index in [2.05, 4.69) is 11.8 Å². The maximum atomic E-state index is 6.28. The first-order chi connectivity index (χ1) is 7.27. The van der Waals surface area contributed by atoms with Gasteiger partial charge in [-0.25, -0.2) is 0 Å². The minimum absolute atomic E-state index is 0.444. The van der Waals surface area contributed by atoms with E-state index in [1.54, 1.807) is 0 Å². The van der Waals surface area contributed by atoms with E-state index >= 15 is 0 Å². The van der Waals surface area contributed by atoms with Crippen molar-refractivity contribution >= 4 is 0 Å². The highest BCUT2D eigenvalue weighted by molar-refractivity contribution is 4.88. The Balaban J connectivity index is 1.93. The van der Waals surface area contributed by atoms with Gasteiger partial charge in [-0.15, -0.1) is 0 Å². The summed E-state index contributed by atoms with van der Waals surface area (Å²) in [6.07, 6.45) is 9.53. The lowest BCUT2D eigenvalue weighted by atomic mass is 9.83. The fourth-order valence-electron chi connectivity index (χ4n) is 3.22. The van der Waals surface area contributed by atoms with Gasteiger partial charge in [-0.1, -0.05) is 19.8 Å². The van der Waals surface area contributed by atoms with Crippen molar-refractivity contribution in [3.05, 3.63) is 0 Å². The lowest BCUT2D eigenvalue weighted by molar-refractivity contribution is 0.120. The Morgan fingerprint density at radius 2 is 1.67 bits per heavy atom. The number of nitrogens with two attached hydrogens (primary N) is 1. The SMILES string of the molecule is CC1CCC(N)C(N2CCCCCC2)C1. The first-order valence-electron chi connectivity index (χ1n) is 6.77. The fourth-order valence-corrected chi connectivity index (χ4v) is 3.22. The summed E-state index contributed by atoms with van der Waals surface area (Å²) < 4.78 is 0. The quantitative estimate of drug-likeness (QED) is 0.720. The summed E-state index contributed by atoms with van der Waals surface area (Å²) in [6.45, 7) is 4.98. The molecule has 0 spiro atoms. The van der Waals surface area contributed by atoms with Crippen LogP contribution in [-0.2, 0) is 0 Å². The molecule has 2 rings (SSSR count).